The predicted molar refractivity (Wildman–Crippen MR) is 125 cm³/mol. The number of pyridine rings is 1. The number of aromatic nitrogens is 2. The van der Waals surface area contributed by atoms with Gasteiger partial charge in [-0.2, -0.15) is 0 Å². The van der Waals surface area contributed by atoms with Crippen LogP contribution in [0.15, 0.2) is 71.8 Å². The molecule has 0 saturated heterocycles. The number of hydrogen-bond donors (Lipinski definition) is 1. The van der Waals surface area contributed by atoms with Gasteiger partial charge in [0.2, 0.25) is 0 Å². The van der Waals surface area contributed by atoms with E-state index in [1.807, 2.05) is 62.4 Å². The Morgan fingerprint density at radius 1 is 1.06 bits per heavy atom. The van der Waals surface area contributed by atoms with E-state index in [1.54, 1.807) is 21.7 Å². The number of carbonyl (C=O) groups excluding carboxylic acids is 1. The van der Waals surface area contributed by atoms with Gasteiger partial charge in [0.1, 0.15) is 5.82 Å². The zero-order chi connectivity index (χ0) is 22.0. The third kappa shape index (κ3) is 3.82. The summed E-state index contributed by atoms with van der Waals surface area (Å²) in [7, 11) is 0. The average Bonchev–Trinajstić information content (AvgIpc) is 3.18. The van der Waals surface area contributed by atoms with E-state index in [2.05, 4.69) is 4.98 Å². The number of amides is 1. The summed E-state index contributed by atoms with van der Waals surface area (Å²) >= 11 is 0.843. The Morgan fingerprint density at radius 3 is 2.52 bits per heavy atom. The van der Waals surface area contributed by atoms with Crippen LogP contribution in [0.2, 0.25) is 0 Å². The van der Waals surface area contributed by atoms with Gasteiger partial charge in [0, 0.05) is 41.5 Å². The van der Waals surface area contributed by atoms with Crippen LogP contribution in [0.3, 0.4) is 0 Å². The van der Waals surface area contributed by atoms with Gasteiger partial charge in [0.15, 0.2) is 0 Å². The van der Waals surface area contributed by atoms with Crippen molar-refractivity contribution in [3.63, 3.8) is 0 Å². The number of anilines is 1. The lowest BCUT2D eigenvalue weighted by Gasteiger charge is -2.29. The normalized spacial score (nSPS) is 13.0. The van der Waals surface area contributed by atoms with E-state index in [0.29, 0.717) is 28.8 Å². The van der Waals surface area contributed by atoms with Crippen LogP contribution in [-0.2, 0) is 6.42 Å². The van der Waals surface area contributed by atoms with Gasteiger partial charge in [-0.3, -0.25) is 19.6 Å². The Bertz CT molecular complexity index is 1220. The van der Waals surface area contributed by atoms with Crippen LogP contribution >= 0.6 is 11.9 Å². The highest BCUT2D eigenvalue weighted by Gasteiger charge is 2.27. The molecular formula is C24H23FN4OS. The Balaban J connectivity index is 0.00000112. The van der Waals surface area contributed by atoms with Crippen LogP contribution in [0.4, 0.5) is 14.9 Å². The second-order valence-corrected chi connectivity index (χ2v) is 7.55. The second kappa shape index (κ2) is 8.91. The molecule has 2 aromatic carbocycles. The molecule has 2 N–H and O–H groups in total. The van der Waals surface area contributed by atoms with Crippen LogP contribution in [0.25, 0.3) is 22.2 Å². The van der Waals surface area contributed by atoms with Gasteiger partial charge < -0.3 is 0 Å². The molecule has 0 unspecified atom stereocenters. The highest BCUT2D eigenvalue weighted by atomic mass is 32.2. The van der Waals surface area contributed by atoms with E-state index in [9.17, 15) is 9.18 Å². The first-order chi connectivity index (χ1) is 15.2. The molecule has 0 radical (unpaired) electrons. The highest BCUT2D eigenvalue weighted by molar-refractivity contribution is 7.97. The number of carbonyl (C=O) groups is 1. The van der Waals surface area contributed by atoms with Crippen molar-refractivity contribution in [2.24, 2.45) is 5.14 Å². The molecule has 7 heteroatoms. The molecular weight excluding hydrogens is 411 g/mol. The molecule has 0 aliphatic carbocycles. The molecule has 0 bridgehead atoms. The smallest absolute Gasteiger partial charge is 0.293 e. The number of rotatable bonds is 3. The van der Waals surface area contributed by atoms with Gasteiger partial charge in [-0.05, 0) is 54.4 Å². The third-order valence-corrected chi connectivity index (χ3v) is 5.78. The number of nitrogens with two attached hydrogens (primary N) is 1. The number of halogens is 1. The summed E-state index contributed by atoms with van der Waals surface area (Å²) in [6.07, 6.45) is 2.45. The molecule has 0 fully saturated rings. The van der Waals surface area contributed by atoms with Crippen LogP contribution in [0, 0.1) is 5.82 Å². The third-order valence-electron chi connectivity index (χ3n) is 5.21. The Morgan fingerprint density at radius 2 is 1.84 bits per heavy atom. The standard InChI is InChI=1S/C22H17FN4OS.C2H6/c23-18-12-15-11-17-8-10-26(22(28)27(17)20(15)13-21(18)29-24)16-6-4-14(5-7-16)19-3-1-2-9-25-19;1-2/h1-7,9,11-13H,8,10,24H2;1-2H3. The molecule has 31 heavy (non-hydrogen) atoms. The van der Waals surface area contributed by atoms with Crippen LogP contribution in [0.1, 0.15) is 19.5 Å². The van der Waals surface area contributed by atoms with Crippen LogP contribution < -0.4 is 10.0 Å². The Kier molecular flexibility index (Phi) is 6.06. The van der Waals surface area contributed by atoms with Gasteiger partial charge in [-0.25, -0.2) is 9.18 Å². The van der Waals surface area contributed by atoms with E-state index >= 15 is 0 Å². The number of benzene rings is 2. The second-order valence-electron chi connectivity index (χ2n) is 6.88. The summed E-state index contributed by atoms with van der Waals surface area (Å²) in [6.45, 7) is 4.57. The molecule has 3 heterocycles. The molecule has 0 spiro atoms. The van der Waals surface area contributed by atoms with Crippen molar-refractivity contribution in [2.45, 2.75) is 25.2 Å². The summed E-state index contributed by atoms with van der Waals surface area (Å²) < 4.78 is 15.7. The molecule has 5 nitrogen and oxygen atoms in total. The number of fused-ring (bicyclic) bond motifs is 3. The molecule has 158 valence electrons. The zero-order valence-electron chi connectivity index (χ0n) is 17.4. The van der Waals surface area contributed by atoms with Gasteiger partial charge >= 0.3 is 6.03 Å². The van der Waals surface area contributed by atoms with E-state index in [1.165, 1.54) is 6.07 Å². The summed E-state index contributed by atoms with van der Waals surface area (Å²) in [5.74, 6) is -0.373. The maximum Gasteiger partial charge on any atom is 0.333 e. The Labute approximate surface area is 184 Å². The van der Waals surface area contributed by atoms with Gasteiger partial charge in [0.25, 0.3) is 0 Å². The topological polar surface area (TPSA) is 64.2 Å². The van der Waals surface area contributed by atoms with E-state index in [-0.39, 0.29) is 11.8 Å². The van der Waals surface area contributed by atoms with E-state index in [0.717, 1.165) is 34.6 Å². The van der Waals surface area contributed by atoms with Crippen molar-refractivity contribution in [2.75, 3.05) is 11.4 Å². The minimum absolute atomic E-state index is 0.147. The molecule has 5 rings (SSSR count). The summed E-state index contributed by atoms with van der Waals surface area (Å²) in [6, 6.07) is 18.4. The first kappa shape index (κ1) is 21.1. The molecule has 0 atom stereocenters. The fourth-order valence-corrected chi connectivity index (χ4v) is 4.15. The monoisotopic (exact) mass is 434 g/mol. The van der Waals surface area contributed by atoms with Crippen molar-refractivity contribution in [3.8, 4) is 11.3 Å². The largest absolute Gasteiger partial charge is 0.333 e. The lowest BCUT2D eigenvalue weighted by Crippen LogP contribution is -2.41. The fourth-order valence-electron chi connectivity index (χ4n) is 3.79. The fraction of sp³-hybridized carbons (Fsp3) is 0.167. The zero-order valence-corrected chi connectivity index (χ0v) is 18.2. The first-order valence-corrected chi connectivity index (χ1v) is 11.1. The van der Waals surface area contributed by atoms with Gasteiger partial charge in [0.05, 0.1) is 16.1 Å². The molecule has 2 aromatic heterocycles. The average molecular weight is 435 g/mol. The maximum absolute atomic E-state index is 14.1. The molecule has 1 aliphatic rings. The predicted octanol–water partition coefficient (Wildman–Crippen LogP) is 5.87. The molecule has 1 amide bonds. The van der Waals surface area contributed by atoms with Crippen molar-refractivity contribution < 1.29 is 9.18 Å². The Hall–Kier alpha value is -3.16. The van der Waals surface area contributed by atoms with Gasteiger partial charge in [-0.15, -0.1) is 0 Å². The van der Waals surface area contributed by atoms with E-state index in [4.69, 9.17) is 5.14 Å². The number of nitrogens with zero attached hydrogens (tertiary/aromatic N) is 3. The first-order valence-electron chi connectivity index (χ1n) is 10.2. The van der Waals surface area contributed by atoms with Crippen molar-refractivity contribution in [1.29, 1.82) is 0 Å². The molecule has 0 saturated carbocycles. The van der Waals surface area contributed by atoms with Crippen molar-refractivity contribution >= 4 is 34.6 Å². The minimum Gasteiger partial charge on any atom is -0.293 e. The number of hydrogen-bond acceptors (Lipinski definition) is 4. The summed E-state index contributed by atoms with van der Waals surface area (Å²) in [5, 5.41) is 6.27. The van der Waals surface area contributed by atoms with Crippen LogP contribution in [-0.4, -0.2) is 22.1 Å². The minimum atomic E-state index is -0.373. The van der Waals surface area contributed by atoms with Crippen molar-refractivity contribution in [3.05, 3.63) is 78.4 Å². The quantitative estimate of drug-likeness (QED) is 0.410. The lowest BCUT2D eigenvalue weighted by atomic mass is 10.1. The van der Waals surface area contributed by atoms with E-state index < -0.39 is 0 Å². The van der Waals surface area contributed by atoms with Crippen molar-refractivity contribution in [1.82, 2.24) is 9.55 Å². The molecule has 1 aliphatic heterocycles. The highest BCUT2D eigenvalue weighted by Crippen LogP contribution is 2.31. The lowest BCUT2D eigenvalue weighted by molar-refractivity contribution is 0.246. The maximum atomic E-state index is 14.1. The summed E-state index contributed by atoms with van der Waals surface area (Å²) in [4.78, 5) is 19.7. The van der Waals surface area contributed by atoms with Crippen LogP contribution in [0.5, 0.6) is 0 Å². The summed E-state index contributed by atoms with van der Waals surface area (Å²) in [5.41, 5.74) is 4.25. The van der Waals surface area contributed by atoms with Gasteiger partial charge in [-0.1, -0.05) is 32.0 Å². The molecule has 4 aromatic rings. The SMILES string of the molecule is CC.NSc1cc2c(cc1F)cc1n2C(=O)N(c2ccc(-c3ccccn3)cc2)CC1.